The molecule has 5 heteroatoms. The van der Waals surface area contributed by atoms with E-state index in [9.17, 15) is 14.3 Å². The third-order valence-electron chi connectivity index (χ3n) is 4.34. The highest BCUT2D eigenvalue weighted by Gasteiger charge is 2.21. The molecule has 140 valence electrons. The Bertz CT molecular complexity index is 787. The number of benzene rings is 1. The van der Waals surface area contributed by atoms with E-state index in [1.54, 1.807) is 18.2 Å². The molecule has 1 N–H and O–H groups in total. The van der Waals surface area contributed by atoms with E-state index in [0.29, 0.717) is 35.2 Å². The molecule has 2 rings (SSSR count). The number of carbonyl (C=O) groups is 1. The predicted octanol–water partition coefficient (Wildman–Crippen LogP) is 5.38. The normalized spacial score (nSPS) is 12.5. The number of carboxylic acid groups (broad SMARTS) is 1. The molecular formula is C21H26FNO3. The van der Waals surface area contributed by atoms with Crippen LogP contribution in [-0.2, 0) is 0 Å². The molecule has 4 nitrogen and oxygen atoms in total. The number of nitrogens with zero attached hydrogens (tertiary/aromatic N) is 1. The molecule has 0 radical (unpaired) electrons. The average Bonchev–Trinajstić information content (AvgIpc) is 2.58. The number of rotatable bonds is 7. The molecule has 1 aromatic carbocycles. The number of pyridine rings is 1. The van der Waals surface area contributed by atoms with Gasteiger partial charge in [0.1, 0.15) is 11.6 Å². The highest BCUT2D eigenvalue weighted by atomic mass is 19.1. The Balaban J connectivity index is 2.48. The predicted molar refractivity (Wildman–Crippen MR) is 100 cm³/mol. The third kappa shape index (κ3) is 4.81. The van der Waals surface area contributed by atoms with Gasteiger partial charge in [-0.3, -0.25) is 4.98 Å². The zero-order valence-electron chi connectivity index (χ0n) is 15.9. The van der Waals surface area contributed by atoms with Crippen LogP contribution < -0.4 is 4.74 Å². The van der Waals surface area contributed by atoms with E-state index < -0.39 is 11.8 Å². The number of halogens is 1. The lowest BCUT2D eigenvalue weighted by atomic mass is 9.90. The van der Waals surface area contributed by atoms with Crippen molar-refractivity contribution in [3.8, 4) is 17.0 Å². The van der Waals surface area contributed by atoms with E-state index >= 15 is 0 Å². The van der Waals surface area contributed by atoms with Gasteiger partial charge in [0, 0.05) is 17.5 Å². The average molecular weight is 359 g/mol. The second-order valence-corrected chi connectivity index (χ2v) is 7.35. The minimum atomic E-state index is -1.01. The van der Waals surface area contributed by atoms with Crippen molar-refractivity contribution in [3.63, 3.8) is 0 Å². The lowest BCUT2D eigenvalue weighted by Gasteiger charge is -2.18. The lowest BCUT2D eigenvalue weighted by molar-refractivity contribution is 0.0694. The molecule has 0 fully saturated rings. The first-order chi connectivity index (χ1) is 12.2. The van der Waals surface area contributed by atoms with Gasteiger partial charge in [0.25, 0.3) is 0 Å². The zero-order chi connectivity index (χ0) is 19.4. The second kappa shape index (κ2) is 8.30. The molecule has 0 amide bonds. The van der Waals surface area contributed by atoms with Gasteiger partial charge >= 0.3 is 5.97 Å². The summed E-state index contributed by atoms with van der Waals surface area (Å²) in [7, 11) is 0. The van der Waals surface area contributed by atoms with E-state index in [1.807, 2.05) is 34.6 Å². The fourth-order valence-corrected chi connectivity index (χ4v) is 2.54. The minimum Gasteiger partial charge on any atom is -0.493 e. The number of aromatic carboxylic acids is 1. The van der Waals surface area contributed by atoms with Gasteiger partial charge in [-0.2, -0.15) is 0 Å². The van der Waals surface area contributed by atoms with Crippen molar-refractivity contribution in [1.29, 1.82) is 0 Å². The molecule has 1 heterocycles. The number of aromatic nitrogens is 1. The first-order valence-electron chi connectivity index (χ1n) is 8.87. The highest BCUT2D eigenvalue weighted by Crippen LogP contribution is 2.30. The van der Waals surface area contributed by atoms with Crippen molar-refractivity contribution in [2.45, 2.75) is 40.5 Å². The molecule has 0 aliphatic heterocycles. The molecule has 0 bridgehead atoms. The van der Waals surface area contributed by atoms with Crippen LogP contribution in [0.2, 0.25) is 0 Å². The van der Waals surface area contributed by atoms with Gasteiger partial charge in [-0.1, -0.05) is 34.6 Å². The van der Waals surface area contributed by atoms with Gasteiger partial charge in [-0.05, 0) is 36.1 Å². The Morgan fingerprint density at radius 2 is 1.85 bits per heavy atom. The summed E-state index contributed by atoms with van der Waals surface area (Å²) in [6.07, 6.45) is 0. The molecule has 0 saturated heterocycles. The van der Waals surface area contributed by atoms with Gasteiger partial charge in [-0.25, -0.2) is 9.18 Å². The van der Waals surface area contributed by atoms with E-state index in [4.69, 9.17) is 4.74 Å². The first-order valence-corrected chi connectivity index (χ1v) is 8.87. The number of hydrogen-bond acceptors (Lipinski definition) is 3. The Labute approximate surface area is 154 Å². The summed E-state index contributed by atoms with van der Waals surface area (Å²) in [5.74, 6) is -0.459. The Morgan fingerprint density at radius 3 is 2.42 bits per heavy atom. The van der Waals surface area contributed by atoms with Gasteiger partial charge in [0.2, 0.25) is 0 Å². The maximum atomic E-state index is 14.0. The summed E-state index contributed by atoms with van der Waals surface area (Å²) < 4.78 is 19.7. The van der Waals surface area contributed by atoms with Crippen LogP contribution in [-0.4, -0.2) is 22.7 Å². The molecule has 1 unspecified atom stereocenters. The Morgan fingerprint density at radius 1 is 1.15 bits per heavy atom. The summed E-state index contributed by atoms with van der Waals surface area (Å²) in [6.45, 7) is 10.5. The number of hydrogen-bond donors (Lipinski definition) is 1. The summed E-state index contributed by atoms with van der Waals surface area (Å²) in [5.41, 5.74) is 1.80. The maximum Gasteiger partial charge on any atom is 0.337 e. The molecule has 1 atom stereocenters. The van der Waals surface area contributed by atoms with Crippen molar-refractivity contribution >= 4 is 5.97 Å². The molecule has 26 heavy (non-hydrogen) atoms. The standard InChI is InChI=1S/C21H26FNO3/c1-12(2)11-26-17-9-15(8-16(22)10-17)19-7-6-18(21(24)25)20(23-19)14(5)13(3)4/h6-10,12-14H,11H2,1-5H3,(H,24,25). The quantitative estimate of drug-likeness (QED) is 0.721. The van der Waals surface area contributed by atoms with Crippen molar-refractivity contribution in [3.05, 3.63) is 47.4 Å². The lowest BCUT2D eigenvalue weighted by Crippen LogP contribution is -2.12. The van der Waals surface area contributed by atoms with Crippen LogP contribution in [0.15, 0.2) is 30.3 Å². The van der Waals surface area contributed by atoms with Crippen LogP contribution >= 0.6 is 0 Å². The highest BCUT2D eigenvalue weighted by molar-refractivity contribution is 5.89. The van der Waals surface area contributed by atoms with E-state index in [-0.39, 0.29) is 17.4 Å². The molecule has 2 aromatic rings. The van der Waals surface area contributed by atoms with Crippen molar-refractivity contribution in [2.75, 3.05) is 6.61 Å². The minimum absolute atomic E-state index is 0.0359. The van der Waals surface area contributed by atoms with Gasteiger partial charge in [0.15, 0.2) is 0 Å². The monoisotopic (exact) mass is 359 g/mol. The molecule has 0 aliphatic carbocycles. The third-order valence-corrected chi connectivity index (χ3v) is 4.34. The maximum absolute atomic E-state index is 14.0. The summed E-state index contributed by atoms with van der Waals surface area (Å²) in [4.78, 5) is 16.1. The summed E-state index contributed by atoms with van der Waals surface area (Å²) >= 11 is 0. The summed E-state index contributed by atoms with van der Waals surface area (Å²) in [6, 6.07) is 7.61. The molecule has 0 saturated carbocycles. The van der Waals surface area contributed by atoms with Gasteiger partial charge in [0.05, 0.1) is 23.6 Å². The fraction of sp³-hybridized carbons (Fsp3) is 0.429. The van der Waals surface area contributed by atoms with Gasteiger partial charge in [-0.15, -0.1) is 0 Å². The van der Waals surface area contributed by atoms with Crippen LogP contribution in [0.3, 0.4) is 0 Å². The zero-order valence-corrected chi connectivity index (χ0v) is 15.9. The van der Waals surface area contributed by atoms with Crippen molar-refractivity contribution in [2.24, 2.45) is 11.8 Å². The fourth-order valence-electron chi connectivity index (χ4n) is 2.54. The topological polar surface area (TPSA) is 59.4 Å². The SMILES string of the molecule is CC(C)COc1cc(F)cc(-c2ccc(C(=O)O)c(C(C)C(C)C)n2)c1. The number of carboxylic acids is 1. The van der Waals surface area contributed by atoms with Crippen LogP contribution in [0.1, 0.15) is 56.6 Å². The van der Waals surface area contributed by atoms with Crippen LogP contribution in [0.25, 0.3) is 11.3 Å². The smallest absolute Gasteiger partial charge is 0.337 e. The van der Waals surface area contributed by atoms with Crippen LogP contribution in [0.4, 0.5) is 4.39 Å². The van der Waals surface area contributed by atoms with Crippen LogP contribution in [0.5, 0.6) is 5.75 Å². The molecule has 0 spiro atoms. The van der Waals surface area contributed by atoms with E-state index in [2.05, 4.69) is 4.98 Å². The summed E-state index contributed by atoms with van der Waals surface area (Å²) in [5, 5.41) is 9.45. The van der Waals surface area contributed by atoms with E-state index in [1.165, 1.54) is 12.1 Å². The molecule has 0 aliphatic rings. The molecule has 1 aromatic heterocycles. The first kappa shape index (κ1) is 19.9. The number of ether oxygens (including phenoxy) is 1. The van der Waals surface area contributed by atoms with Crippen molar-refractivity contribution in [1.82, 2.24) is 4.98 Å². The Hall–Kier alpha value is -2.43. The van der Waals surface area contributed by atoms with E-state index in [0.717, 1.165) is 0 Å². The van der Waals surface area contributed by atoms with Crippen molar-refractivity contribution < 1.29 is 19.0 Å². The Kier molecular flexibility index (Phi) is 6.35. The van der Waals surface area contributed by atoms with Gasteiger partial charge < -0.3 is 9.84 Å². The molecular weight excluding hydrogens is 333 g/mol. The van der Waals surface area contributed by atoms with Crippen LogP contribution in [0, 0.1) is 17.7 Å². The largest absolute Gasteiger partial charge is 0.493 e. The second-order valence-electron chi connectivity index (χ2n) is 7.35.